The van der Waals surface area contributed by atoms with Crippen LogP contribution in [0.1, 0.15) is 34.6 Å². The zero-order valence-corrected chi connectivity index (χ0v) is 10.8. The lowest BCUT2D eigenvalue weighted by Crippen LogP contribution is -2.31. The van der Waals surface area contributed by atoms with E-state index in [-0.39, 0.29) is 5.78 Å². The first-order chi connectivity index (χ1) is 8.25. The largest absolute Gasteiger partial charge is 0.379 e. The summed E-state index contributed by atoms with van der Waals surface area (Å²) < 4.78 is 5.39. The summed E-state index contributed by atoms with van der Waals surface area (Å²) in [4.78, 5) is 19.6. The molecular formula is C12H16N2O2S. The maximum atomic E-state index is 11.7. The molecular weight excluding hydrogens is 236 g/mol. The molecule has 17 heavy (non-hydrogen) atoms. The number of carbonyl (C=O) groups is 1. The minimum absolute atomic E-state index is 0.213. The summed E-state index contributed by atoms with van der Waals surface area (Å²) in [5.41, 5.74) is 0.724. The molecule has 1 aromatic rings. The zero-order valence-electron chi connectivity index (χ0n) is 9.94. The van der Waals surface area contributed by atoms with Gasteiger partial charge in [-0.2, -0.15) is 0 Å². The van der Waals surface area contributed by atoms with E-state index in [1.807, 2.05) is 7.05 Å². The highest BCUT2D eigenvalue weighted by molar-refractivity contribution is 7.16. The standard InChI is InChI=1S/C12H16N2O2S/c1-14(8-5-6-16-7-8)12-13-11-9(15)3-2-4-10(11)17-12/h8H,2-7H2,1H3. The van der Waals surface area contributed by atoms with Crippen LogP contribution in [0.2, 0.25) is 0 Å². The predicted molar refractivity (Wildman–Crippen MR) is 67.0 cm³/mol. The number of likely N-dealkylation sites (N-methyl/N-ethyl adjacent to an activating group) is 1. The van der Waals surface area contributed by atoms with Crippen molar-refractivity contribution >= 4 is 22.3 Å². The van der Waals surface area contributed by atoms with E-state index in [1.54, 1.807) is 11.3 Å². The number of aromatic nitrogens is 1. The van der Waals surface area contributed by atoms with Crippen LogP contribution < -0.4 is 4.90 Å². The van der Waals surface area contributed by atoms with Crippen molar-refractivity contribution in [2.45, 2.75) is 31.7 Å². The summed E-state index contributed by atoms with van der Waals surface area (Å²) in [6.45, 7) is 1.60. The Morgan fingerprint density at radius 1 is 1.47 bits per heavy atom. The molecule has 0 N–H and O–H groups in total. The predicted octanol–water partition coefficient (Wildman–Crippen LogP) is 1.89. The van der Waals surface area contributed by atoms with Gasteiger partial charge in [-0.3, -0.25) is 4.79 Å². The van der Waals surface area contributed by atoms with Crippen LogP contribution in [0.15, 0.2) is 0 Å². The van der Waals surface area contributed by atoms with Crippen molar-refractivity contribution in [3.63, 3.8) is 0 Å². The second-order valence-electron chi connectivity index (χ2n) is 4.67. The summed E-state index contributed by atoms with van der Waals surface area (Å²) >= 11 is 1.67. The van der Waals surface area contributed by atoms with E-state index < -0.39 is 0 Å². The van der Waals surface area contributed by atoms with Crippen LogP contribution in [-0.2, 0) is 11.2 Å². The van der Waals surface area contributed by atoms with Gasteiger partial charge in [0.25, 0.3) is 0 Å². The number of Topliss-reactive ketones (excluding diaryl/α,β-unsaturated/α-hetero) is 1. The van der Waals surface area contributed by atoms with Crippen molar-refractivity contribution in [2.24, 2.45) is 0 Å². The molecule has 1 fully saturated rings. The molecule has 1 saturated heterocycles. The average molecular weight is 252 g/mol. The molecule has 1 atom stereocenters. The van der Waals surface area contributed by atoms with Crippen LogP contribution in [0.5, 0.6) is 0 Å². The van der Waals surface area contributed by atoms with Crippen molar-refractivity contribution in [3.8, 4) is 0 Å². The fourth-order valence-electron chi connectivity index (χ4n) is 2.39. The Morgan fingerprint density at radius 2 is 2.35 bits per heavy atom. The second kappa shape index (κ2) is 4.38. The van der Waals surface area contributed by atoms with Gasteiger partial charge in [0.15, 0.2) is 10.9 Å². The molecule has 0 spiro atoms. The van der Waals surface area contributed by atoms with Gasteiger partial charge in [-0.25, -0.2) is 4.98 Å². The van der Waals surface area contributed by atoms with Crippen molar-refractivity contribution in [2.75, 3.05) is 25.2 Å². The molecule has 1 aliphatic carbocycles. The number of hydrogen-bond donors (Lipinski definition) is 0. The number of aryl methyl sites for hydroxylation is 1. The van der Waals surface area contributed by atoms with E-state index in [2.05, 4.69) is 9.88 Å². The lowest BCUT2D eigenvalue weighted by molar-refractivity contribution is 0.0968. The van der Waals surface area contributed by atoms with Crippen molar-refractivity contribution in [1.29, 1.82) is 0 Å². The van der Waals surface area contributed by atoms with E-state index in [4.69, 9.17) is 4.74 Å². The topological polar surface area (TPSA) is 42.4 Å². The molecule has 5 heteroatoms. The number of carbonyl (C=O) groups excluding carboxylic acids is 1. The van der Waals surface area contributed by atoms with Gasteiger partial charge in [0.05, 0.1) is 12.6 Å². The molecule has 3 rings (SSSR count). The maximum absolute atomic E-state index is 11.7. The van der Waals surface area contributed by atoms with Gasteiger partial charge in [-0.1, -0.05) is 0 Å². The Labute approximate surface area is 105 Å². The van der Waals surface area contributed by atoms with Crippen LogP contribution in [-0.4, -0.2) is 37.1 Å². The van der Waals surface area contributed by atoms with Gasteiger partial charge < -0.3 is 9.64 Å². The fourth-order valence-corrected chi connectivity index (χ4v) is 3.54. The Kier molecular flexibility index (Phi) is 2.88. The Balaban J connectivity index is 1.86. The number of rotatable bonds is 2. The summed E-state index contributed by atoms with van der Waals surface area (Å²) in [6, 6.07) is 0.415. The number of thiazole rings is 1. The third-order valence-corrected chi connectivity index (χ3v) is 4.72. The lowest BCUT2D eigenvalue weighted by atomic mass is 10.0. The summed E-state index contributed by atoms with van der Waals surface area (Å²) in [6.07, 6.45) is 3.69. The van der Waals surface area contributed by atoms with Gasteiger partial charge >= 0.3 is 0 Å². The SMILES string of the molecule is CN(c1nc2c(s1)CCCC2=O)C1CCOC1. The van der Waals surface area contributed by atoms with Crippen LogP contribution in [0.3, 0.4) is 0 Å². The lowest BCUT2D eigenvalue weighted by Gasteiger charge is -2.21. The molecule has 1 unspecified atom stereocenters. The Hall–Kier alpha value is -0.940. The highest BCUT2D eigenvalue weighted by Gasteiger charge is 2.27. The molecule has 0 amide bonds. The minimum Gasteiger partial charge on any atom is -0.379 e. The van der Waals surface area contributed by atoms with E-state index in [0.717, 1.165) is 43.3 Å². The number of anilines is 1. The monoisotopic (exact) mass is 252 g/mol. The fraction of sp³-hybridized carbons (Fsp3) is 0.667. The molecule has 0 aromatic carbocycles. The van der Waals surface area contributed by atoms with E-state index in [9.17, 15) is 4.79 Å². The molecule has 0 saturated carbocycles. The van der Waals surface area contributed by atoms with E-state index in [1.165, 1.54) is 4.88 Å². The van der Waals surface area contributed by atoms with E-state index in [0.29, 0.717) is 12.5 Å². The van der Waals surface area contributed by atoms with Crippen LogP contribution in [0.25, 0.3) is 0 Å². The van der Waals surface area contributed by atoms with Gasteiger partial charge in [-0.15, -0.1) is 11.3 Å². The zero-order chi connectivity index (χ0) is 11.8. The number of hydrogen-bond acceptors (Lipinski definition) is 5. The van der Waals surface area contributed by atoms with Crippen molar-refractivity contribution in [3.05, 3.63) is 10.6 Å². The van der Waals surface area contributed by atoms with Crippen LogP contribution in [0, 0.1) is 0 Å². The molecule has 0 radical (unpaired) electrons. The van der Waals surface area contributed by atoms with Crippen molar-refractivity contribution in [1.82, 2.24) is 4.98 Å². The smallest absolute Gasteiger partial charge is 0.186 e. The molecule has 2 heterocycles. The molecule has 1 aromatic heterocycles. The Bertz CT molecular complexity index is 438. The molecule has 1 aliphatic heterocycles. The first-order valence-corrected chi connectivity index (χ1v) is 6.91. The molecule has 4 nitrogen and oxygen atoms in total. The highest BCUT2D eigenvalue weighted by atomic mass is 32.1. The number of ketones is 1. The van der Waals surface area contributed by atoms with E-state index >= 15 is 0 Å². The second-order valence-corrected chi connectivity index (χ2v) is 5.74. The summed E-state index contributed by atoms with van der Waals surface area (Å²) in [7, 11) is 2.05. The Morgan fingerprint density at radius 3 is 3.06 bits per heavy atom. The number of nitrogens with zero attached hydrogens (tertiary/aromatic N) is 2. The highest BCUT2D eigenvalue weighted by Crippen LogP contribution is 2.32. The summed E-state index contributed by atoms with van der Waals surface area (Å²) in [5, 5.41) is 0.973. The number of ether oxygens (including phenoxy) is 1. The summed E-state index contributed by atoms with van der Waals surface area (Å²) in [5.74, 6) is 0.213. The molecule has 2 aliphatic rings. The third kappa shape index (κ3) is 1.98. The van der Waals surface area contributed by atoms with Gasteiger partial charge in [0.2, 0.25) is 0 Å². The van der Waals surface area contributed by atoms with Crippen LogP contribution >= 0.6 is 11.3 Å². The molecule has 92 valence electrons. The molecule has 0 bridgehead atoms. The normalized spacial score (nSPS) is 23.8. The minimum atomic E-state index is 0.213. The first-order valence-electron chi connectivity index (χ1n) is 6.09. The van der Waals surface area contributed by atoms with Gasteiger partial charge in [-0.05, 0) is 19.3 Å². The third-order valence-electron chi connectivity index (χ3n) is 3.51. The quantitative estimate of drug-likeness (QED) is 0.806. The average Bonchev–Trinajstić information content (AvgIpc) is 2.98. The first kappa shape index (κ1) is 11.2. The van der Waals surface area contributed by atoms with Crippen molar-refractivity contribution < 1.29 is 9.53 Å². The van der Waals surface area contributed by atoms with Gasteiger partial charge in [0, 0.05) is 25.0 Å². The maximum Gasteiger partial charge on any atom is 0.186 e. The van der Waals surface area contributed by atoms with Crippen LogP contribution in [0.4, 0.5) is 5.13 Å². The van der Waals surface area contributed by atoms with Gasteiger partial charge in [0.1, 0.15) is 5.69 Å². The number of fused-ring (bicyclic) bond motifs is 1.